The average Bonchev–Trinajstić information content (AvgIpc) is 3.23. The molecule has 1 unspecified atom stereocenters. The molecule has 0 rings (SSSR count). The molecule has 0 aliphatic heterocycles. The average molecular weight is 849 g/mol. The van der Waals surface area contributed by atoms with Crippen LogP contribution in [-0.2, 0) is 28.6 Å². The lowest BCUT2D eigenvalue weighted by Crippen LogP contribution is -2.30. The molecule has 0 saturated carbocycles. The molecule has 0 amide bonds. The molecule has 0 fully saturated rings. The largest absolute Gasteiger partial charge is 0.462 e. The van der Waals surface area contributed by atoms with Crippen LogP contribution in [-0.4, -0.2) is 37.2 Å². The second-order valence-corrected chi connectivity index (χ2v) is 19.2. The second-order valence-electron chi connectivity index (χ2n) is 19.2. The summed E-state index contributed by atoms with van der Waals surface area (Å²) in [6.07, 6.45) is 48.4. The molecule has 0 bridgehead atoms. The maximum atomic E-state index is 12.6. The van der Waals surface area contributed by atoms with E-state index in [1.807, 2.05) is 0 Å². The summed E-state index contributed by atoms with van der Waals surface area (Å²) in [4.78, 5) is 37.7. The van der Waals surface area contributed by atoms with E-state index in [9.17, 15) is 14.4 Å². The summed E-state index contributed by atoms with van der Waals surface area (Å²) in [6.45, 7) is 11.4. The topological polar surface area (TPSA) is 78.9 Å². The van der Waals surface area contributed by atoms with Gasteiger partial charge >= 0.3 is 17.9 Å². The minimum absolute atomic E-state index is 0.0648. The first-order valence-corrected chi connectivity index (χ1v) is 26.8. The quantitative estimate of drug-likeness (QED) is 0.0345. The van der Waals surface area contributed by atoms with Gasteiger partial charge in [-0.25, -0.2) is 0 Å². The molecule has 6 nitrogen and oxygen atoms in total. The van der Waals surface area contributed by atoms with Gasteiger partial charge in [0.2, 0.25) is 0 Å². The highest BCUT2D eigenvalue weighted by atomic mass is 16.6. The lowest BCUT2D eigenvalue weighted by Gasteiger charge is -2.18. The number of rotatable bonds is 48. The summed E-state index contributed by atoms with van der Waals surface area (Å²) in [5.41, 5.74) is 0. The van der Waals surface area contributed by atoms with Crippen molar-refractivity contribution in [2.24, 2.45) is 11.8 Å². The molecule has 0 aromatic rings. The third-order valence-corrected chi connectivity index (χ3v) is 12.6. The summed E-state index contributed by atoms with van der Waals surface area (Å²) in [5.74, 6) is 0.888. The molecule has 0 aliphatic carbocycles. The number of unbranched alkanes of at least 4 members (excludes halogenated alkanes) is 32. The van der Waals surface area contributed by atoms with Crippen molar-refractivity contribution in [3.63, 3.8) is 0 Å². The SMILES string of the molecule is CCCCCCCC(=O)O[C@H](COC(=O)CCCCCCCCCCCCCCCCCCC(C)C)COC(=O)CCCCCCCCCCCCCCCCC(C)CC. The van der Waals surface area contributed by atoms with Crippen molar-refractivity contribution in [2.45, 2.75) is 304 Å². The molecular formula is C54H104O6. The Morgan fingerprint density at radius 3 is 0.950 bits per heavy atom. The van der Waals surface area contributed by atoms with Crippen LogP contribution in [0.2, 0.25) is 0 Å². The van der Waals surface area contributed by atoms with Crippen LogP contribution in [0.15, 0.2) is 0 Å². The van der Waals surface area contributed by atoms with Crippen LogP contribution in [0.3, 0.4) is 0 Å². The van der Waals surface area contributed by atoms with E-state index in [1.54, 1.807) is 0 Å². The first-order chi connectivity index (χ1) is 29.3. The highest BCUT2D eigenvalue weighted by Gasteiger charge is 2.19. The number of esters is 3. The highest BCUT2D eigenvalue weighted by Crippen LogP contribution is 2.18. The molecule has 0 aromatic heterocycles. The molecular weight excluding hydrogens is 745 g/mol. The van der Waals surface area contributed by atoms with Crippen LogP contribution < -0.4 is 0 Å². The van der Waals surface area contributed by atoms with E-state index >= 15 is 0 Å². The van der Waals surface area contributed by atoms with Gasteiger partial charge in [0, 0.05) is 19.3 Å². The summed E-state index contributed by atoms with van der Waals surface area (Å²) in [5, 5.41) is 0. The minimum atomic E-state index is -0.759. The molecule has 0 spiro atoms. The Kier molecular flexibility index (Phi) is 45.7. The van der Waals surface area contributed by atoms with E-state index in [0.717, 1.165) is 76.0 Å². The van der Waals surface area contributed by atoms with Crippen LogP contribution in [0.25, 0.3) is 0 Å². The zero-order valence-corrected chi connectivity index (χ0v) is 41.1. The highest BCUT2D eigenvalue weighted by molar-refractivity contribution is 5.71. The molecule has 0 aromatic carbocycles. The number of ether oxygens (including phenoxy) is 3. The van der Waals surface area contributed by atoms with Gasteiger partial charge in [-0.05, 0) is 31.1 Å². The van der Waals surface area contributed by atoms with E-state index in [2.05, 4.69) is 34.6 Å². The van der Waals surface area contributed by atoms with Crippen molar-refractivity contribution in [1.82, 2.24) is 0 Å². The van der Waals surface area contributed by atoms with Gasteiger partial charge in [-0.3, -0.25) is 14.4 Å². The maximum Gasteiger partial charge on any atom is 0.306 e. The molecule has 0 radical (unpaired) electrons. The normalized spacial score (nSPS) is 12.5. The number of carbonyl (C=O) groups is 3. The summed E-state index contributed by atoms with van der Waals surface area (Å²) in [6, 6.07) is 0. The number of hydrogen-bond donors (Lipinski definition) is 0. The van der Waals surface area contributed by atoms with E-state index in [4.69, 9.17) is 14.2 Å². The number of carbonyl (C=O) groups excluding carboxylic acids is 3. The molecule has 2 atom stereocenters. The minimum Gasteiger partial charge on any atom is -0.462 e. The van der Waals surface area contributed by atoms with Gasteiger partial charge in [-0.2, -0.15) is 0 Å². The van der Waals surface area contributed by atoms with Gasteiger partial charge in [0.05, 0.1) is 0 Å². The van der Waals surface area contributed by atoms with Crippen molar-refractivity contribution in [1.29, 1.82) is 0 Å². The third kappa shape index (κ3) is 45.9. The van der Waals surface area contributed by atoms with Crippen LogP contribution >= 0.6 is 0 Å². The molecule has 0 N–H and O–H groups in total. The van der Waals surface area contributed by atoms with Crippen molar-refractivity contribution >= 4 is 17.9 Å². The predicted molar refractivity (Wildman–Crippen MR) is 256 cm³/mol. The monoisotopic (exact) mass is 849 g/mol. The van der Waals surface area contributed by atoms with Crippen LogP contribution in [0.4, 0.5) is 0 Å². The fourth-order valence-corrected chi connectivity index (χ4v) is 8.13. The van der Waals surface area contributed by atoms with E-state index in [0.29, 0.717) is 19.3 Å². The summed E-state index contributed by atoms with van der Waals surface area (Å²) < 4.78 is 16.7. The molecule has 356 valence electrons. The maximum absolute atomic E-state index is 12.6. The van der Waals surface area contributed by atoms with Crippen molar-refractivity contribution in [3.05, 3.63) is 0 Å². The Bertz CT molecular complexity index is 918. The van der Waals surface area contributed by atoms with Crippen molar-refractivity contribution in [3.8, 4) is 0 Å². The predicted octanol–water partition coefficient (Wildman–Crippen LogP) is 17.3. The van der Waals surface area contributed by atoms with Gasteiger partial charge in [-0.1, -0.05) is 259 Å². The Hall–Kier alpha value is -1.59. The first kappa shape index (κ1) is 58.4. The van der Waals surface area contributed by atoms with Gasteiger partial charge in [0.15, 0.2) is 6.10 Å². The summed E-state index contributed by atoms with van der Waals surface area (Å²) >= 11 is 0. The Balaban J connectivity index is 4.03. The zero-order chi connectivity index (χ0) is 44.0. The second kappa shape index (κ2) is 46.9. The van der Waals surface area contributed by atoms with Crippen molar-refractivity contribution in [2.75, 3.05) is 13.2 Å². The smallest absolute Gasteiger partial charge is 0.306 e. The van der Waals surface area contributed by atoms with Crippen molar-refractivity contribution < 1.29 is 28.6 Å². The fraction of sp³-hybridized carbons (Fsp3) is 0.944. The van der Waals surface area contributed by atoms with Crippen LogP contribution in [0.1, 0.15) is 298 Å². The zero-order valence-electron chi connectivity index (χ0n) is 41.1. The third-order valence-electron chi connectivity index (χ3n) is 12.6. The molecule has 0 heterocycles. The lowest BCUT2D eigenvalue weighted by molar-refractivity contribution is -0.167. The Labute approximate surface area is 374 Å². The first-order valence-electron chi connectivity index (χ1n) is 26.8. The van der Waals surface area contributed by atoms with E-state index in [-0.39, 0.29) is 31.1 Å². The van der Waals surface area contributed by atoms with Crippen LogP contribution in [0, 0.1) is 11.8 Å². The van der Waals surface area contributed by atoms with Gasteiger partial charge in [0.1, 0.15) is 13.2 Å². The fourth-order valence-electron chi connectivity index (χ4n) is 8.13. The lowest BCUT2D eigenvalue weighted by atomic mass is 9.99. The Morgan fingerprint density at radius 2 is 0.633 bits per heavy atom. The standard InChI is InChI=1S/C54H104O6/c1-6-8-9-32-41-46-54(57)60-51(48-59-53(56)45-40-36-31-27-23-19-15-14-17-21-25-29-34-38-43-50(5)7-2)47-58-52(55)44-39-35-30-26-22-18-13-11-10-12-16-20-24-28-33-37-42-49(3)4/h49-51H,6-48H2,1-5H3/t50?,51-/m1/s1. The molecule has 0 aliphatic rings. The van der Waals surface area contributed by atoms with Gasteiger partial charge < -0.3 is 14.2 Å². The molecule has 6 heteroatoms. The summed E-state index contributed by atoms with van der Waals surface area (Å²) in [7, 11) is 0. The Morgan fingerprint density at radius 1 is 0.350 bits per heavy atom. The molecule has 60 heavy (non-hydrogen) atoms. The van der Waals surface area contributed by atoms with E-state index in [1.165, 1.54) is 180 Å². The van der Waals surface area contributed by atoms with Gasteiger partial charge in [-0.15, -0.1) is 0 Å². The van der Waals surface area contributed by atoms with Gasteiger partial charge in [0.25, 0.3) is 0 Å². The van der Waals surface area contributed by atoms with E-state index < -0.39 is 6.10 Å². The van der Waals surface area contributed by atoms with Crippen LogP contribution in [0.5, 0.6) is 0 Å². The molecule has 0 saturated heterocycles. The number of hydrogen-bond acceptors (Lipinski definition) is 6.